The molecule has 3 rings (SSSR count). The predicted octanol–water partition coefficient (Wildman–Crippen LogP) is 2.97. The van der Waals surface area contributed by atoms with Crippen LogP contribution in [0.5, 0.6) is 5.75 Å². The van der Waals surface area contributed by atoms with Gasteiger partial charge in [0.1, 0.15) is 11.3 Å². The van der Waals surface area contributed by atoms with Gasteiger partial charge in [-0.05, 0) is 42.3 Å². The number of anilines is 1. The number of aryl methyl sites for hydroxylation is 1. The van der Waals surface area contributed by atoms with Crippen LogP contribution in [-0.2, 0) is 16.6 Å². The van der Waals surface area contributed by atoms with Crippen molar-refractivity contribution >= 4 is 26.7 Å². The van der Waals surface area contributed by atoms with Gasteiger partial charge in [0.05, 0.1) is 12.0 Å². The van der Waals surface area contributed by atoms with Gasteiger partial charge in [0.2, 0.25) is 10.0 Å². The van der Waals surface area contributed by atoms with Crippen LogP contribution in [0.4, 0.5) is 5.69 Å². The van der Waals surface area contributed by atoms with E-state index in [0.717, 1.165) is 16.5 Å². The molecule has 0 saturated heterocycles. The van der Waals surface area contributed by atoms with Crippen molar-refractivity contribution in [1.82, 2.24) is 4.31 Å². The number of benzene rings is 2. The van der Waals surface area contributed by atoms with Gasteiger partial charge in [-0.2, -0.15) is 0 Å². The smallest absolute Gasteiger partial charge is 0.336 e. The summed E-state index contributed by atoms with van der Waals surface area (Å²) < 4.78 is 36.4. The Balaban J connectivity index is 1.96. The third kappa shape index (κ3) is 3.88. The fourth-order valence-electron chi connectivity index (χ4n) is 2.84. The van der Waals surface area contributed by atoms with Crippen LogP contribution in [0.2, 0.25) is 0 Å². The summed E-state index contributed by atoms with van der Waals surface area (Å²) in [4.78, 5) is 12.1. The number of nitrogens with one attached hydrogen (secondary N) is 1. The van der Waals surface area contributed by atoms with Crippen LogP contribution in [0.3, 0.4) is 0 Å². The maximum absolute atomic E-state index is 12.4. The molecule has 1 N–H and O–H groups in total. The summed E-state index contributed by atoms with van der Waals surface area (Å²) in [5, 5.41) is 4.01. The number of hydrogen-bond acceptors (Lipinski definition) is 6. The van der Waals surface area contributed by atoms with Gasteiger partial charge in [-0.25, -0.2) is 17.5 Å². The number of rotatable bonds is 6. The van der Waals surface area contributed by atoms with Crippen molar-refractivity contribution in [2.75, 3.05) is 26.5 Å². The van der Waals surface area contributed by atoms with Gasteiger partial charge in [-0.1, -0.05) is 6.07 Å². The average molecular weight is 402 g/mol. The lowest BCUT2D eigenvalue weighted by atomic mass is 10.1. The number of hydrogen-bond donors (Lipinski definition) is 1. The summed E-state index contributed by atoms with van der Waals surface area (Å²) in [6, 6.07) is 11.6. The van der Waals surface area contributed by atoms with Crippen LogP contribution in [-0.4, -0.2) is 33.9 Å². The molecule has 1 heterocycles. The zero-order valence-corrected chi connectivity index (χ0v) is 17.0. The Morgan fingerprint density at radius 1 is 1.11 bits per heavy atom. The van der Waals surface area contributed by atoms with E-state index < -0.39 is 15.6 Å². The monoisotopic (exact) mass is 402 g/mol. The van der Waals surface area contributed by atoms with Crippen LogP contribution in [0.15, 0.2) is 56.6 Å². The Morgan fingerprint density at radius 3 is 2.54 bits per heavy atom. The van der Waals surface area contributed by atoms with E-state index in [4.69, 9.17) is 9.15 Å². The lowest BCUT2D eigenvalue weighted by Gasteiger charge is -2.15. The minimum atomic E-state index is -3.53. The molecule has 0 aliphatic rings. The van der Waals surface area contributed by atoms with Gasteiger partial charge >= 0.3 is 5.63 Å². The van der Waals surface area contributed by atoms with Crippen molar-refractivity contribution < 1.29 is 17.6 Å². The molecule has 8 heteroatoms. The van der Waals surface area contributed by atoms with Crippen molar-refractivity contribution in [2.45, 2.75) is 18.4 Å². The number of methoxy groups -OCH3 is 1. The highest BCUT2D eigenvalue weighted by molar-refractivity contribution is 7.89. The topological polar surface area (TPSA) is 88.9 Å². The Bertz CT molecular complexity index is 1180. The molecule has 28 heavy (non-hydrogen) atoms. The first-order chi connectivity index (χ1) is 13.2. The van der Waals surface area contributed by atoms with E-state index in [2.05, 4.69) is 5.32 Å². The van der Waals surface area contributed by atoms with Crippen LogP contribution < -0.4 is 15.7 Å². The van der Waals surface area contributed by atoms with Crippen molar-refractivity contribution in [3.63, 3.8) is 0 Å². The summed E-state index contributed by atoms with van der Waals surface area (Å²) >= 11 is 0. The van der Waals surface area contributed by atoms with E-state index in [-0.39, 0.29) is 4.90 Å². The van der Waals surface area contributed by atoms with Crippen molar-refractivity contribution in [1.29, 1.82) is 0 Å². The molecule has 2 aromatic carbocycles. The van der Waals surface area contributed by atoms with Crippen molar-refractivity contribution in [3.8, 4) is 5.75 Å². The lowest BCUT2D eigenvalue weighted by molar-refractivity contribution is 0.414. The second-order valence-electron chi connectivity index (χ2n) is 6.57. The van der Waals surface area contributed by atoms with Gasteiger partial charge in [-0.3, -0.25) is 0 Å². The lowest BCUT2D eigenvalue weighted by Crippen LogP contribution is -2.22. The molecular weight excluding hydrogens is 380 g/mol. The van der Waals surface area contributed by atoms with E-state index in [9.17, 15) is 13.2 Å². The molecule has 0 atom stereocenters. The summed E-state index contributed by atoms with van der Waals surface area (Å²) in [5.74, 6) is 0.596. The highest BCUT2D eigenvalue weighted by Crippen LogP contribution is 2.25. The maximum atomic E-state index is 12.4. The number of sulfonamides is 1. The normalized spacial score (nSPS) is 11.8. The maximum Gasteiger partial charge on any atom is 0.336 e. The van der Waals surface area contributed by atoms with Gasteiger partial charge in [0, 0.05) is 43.8 Å². The molecule has 1 aromatic heterocycles. The van der Waals surface area contributed by atoms with E-state index in [1.165, 1.54) is 24.5 Å². The summed E-state index contributed by atoms with van der Waals surface area (Å²) in [7, 11) is 0.994. The third-order valence-electron chi connectivity index (χ3n) is 4.49. The summed E-state index contributed by atoms with van der Waals surface area (Å²) in [6.07, 6.45) is 0. The molecule has 7 nitrogen and oxygen atoms in total. The zero-order chi connectivity index (χ0) is 20.5. The number of ether oxygens (including phenoxy) is 1. The Morgan fingerprint density at radius 2 is 1.86 bits per heavy atom. The van der Waals surface area contributed by atoms with Gasteiger partial charge in [0.15, 0.2) is 0 Å². The molecule has 0 amide bonds. The highest BCUT2D eigenvalue weighted by Gasteiger charge is 2.18. The third-order valence-corrected chi connectivity index (χ3v) is 6.31. The number of nitrogens with zero attached hydrogens (tertiary/aromatic N) is 1. The second kappa shape index (κ2) is 7.65. The fourth-order valence-corrected chi connectivity index (χ4v) is 3.77. The molecule has 0 spiro atoms. The van der Waals surface area contributed by atoms with Crippen LogP contribution >= 0.6 is 0 Å². The standard InChI is InChI=1S/C20H22N2O5S/c1-13-5-7-16(28(24,25)22(2)3)11-18(13)21-12-14-9-20(23)27-19-10-15(26-4)6-8-17(14)19/h5-11,21H,12H2,1-4H3. The minimum absolute atomic E-state index is 0.202. The van der Waals surface area contributed by atoms with E-state index in [0.29, 0.717) is 23.6 Å². The van der Waals surface area contributed by atoms with Crippen LogP contribution in [0.1, 0.15) is 11.1 Å². The Labute approximate surface area is 163 Å². The highest BCUT2D eigenvalue weighted by atomic mass is 32.2. The Hall–Kier alpha value is -2.84. The number of fused-ring (bicyclic) bond motifs is 1. The first-order valence-corrected chi connectivity index (χ1v) is 10.0. The van der Waals surface area contributed by atoms with Crippen LogP contribution in [0, 0.1) is 6.92 Å². The molecule has 0 unspecified atom stereocenters. The first-order valence-electron chi connectivity index (χ1n) is 8.60. The molecule has 3 aromatic rings. The summed E-state index contributed by atoms with van der Waals surface area (Å²) in [5.41, 5.74) is 2.29. The van der Waals surface area contributed by atoms with Gasteiger partial charge in [0.25, 0.3) is 0 Å². The minimum Gasteiger partial charge on any atom is -0.497 e. The van der Waals surface area contributed by atoms with Crippen molar-refractivity contribution in [2.24, 2.45) is 0 Å². The second-order valence-corrected chi connectivity index (χ2v) is 8.72. The molecule has 0 aliphatic heterocycles. The van der Waals surface area contributed by atoms with Crippen molar-refractivity contribution in [3.05, 3.63) is 64.0 Å². The van der Waals surface area contributed by atoms with E-state index in [1.807, 2.05) is 13.0 Å². The van der Waals surface area contributed by atoms with E-state index >= 15 is 0 Å². The largest absolute Gasteiger partial charge is 0.497 e. The fraction of sp³-hybridized carbons (Fsp3) is 0.250. The molecule has 0 saturated carbocycles. The zero-order valence-electron chi connectivity index (χ0n) is 16.1. The molecule has 0 aliphatic carbocycles. The molecule has 0 radical (unpaired) electrons. The van der Waals surface area contributed by atoms with E-state index in [1.54, 1.807) is 37.4 Å². The first kappa shape index (κ1) is 19.9. The Kier molecular flexibility index (Phi) is 5.44. The molecule has 0 fully saturated rings. The van der Waals surface area contributed by atoms with Gasteiger partial charge in [-0.15, -0.1) is 0 Å². The molecular formula is C20H22N2O5S. The average Bonchev–Trinajstić information content (AvgIpc) is 2.66. The quantitative estimate of drug-likeness (QED) is 0.638. The van der Waals surface area contributed by atoms with Crippen LogP contribution in [0.25, 0.3) is 11.0 Å². The summed E-state index contributed by atoms with van der Waals surface area (Å²) in [6.45, 7) is 2.22. The SMILES string of the molecule is COc1ccc2c(CNc3cc(S(=O)(=O)N(C)C)ccc3C)cc(=O)oc2c1. The van der Waals surface area contributed by atoms with Gasteiger partial charge < -0.3 is 14.5 Å². The predicted molar refractivity (Wildman–Crippen MR) is 108 cm³/mol. The molecule has 0 bridgehead atoms. The molecule has 148 valence electrons.